The Morgan fingerprint density at radius 1 is 0.950 bits per heavy atom. The Labute approximate surface area is 119 Å². The van der Waals surface area contributed by atoms with Gasteiger partial charge in [0.05, 0.1) is 0 Å². The SMILES string of the molecule is Cc1cc(C)c(C)c(NC(=O)c2ccc(N)cc2)c1C. The number of carbonyl (C=O) groups is 1. The third kappa shape index (κ3) is 2.67. The van der Waals surface area contributed by atoms with Gasteiger partial charge in [-0.2, -0.15) is 0 Å². The summed E-state index contributed by atoms with van der Waals surface area (Å²) in [6.07, 6.45) is 0. The first-order chi connectivity index (χ1) is 9.40. The van der Waals surface area contributed by atoms with Crippen molar-refractivity contribution in [3.63, 3.8) is 0 Å². The molecule has 1 amide bonds. The molecule has 0 radical (unpaired) electrons. The second-order valence-electron chi connectivity index (χ2n) is 5.21. The quantitative estimate of drug-likeness (QED) is 0.815. The molecule has 2 aromatic rings. The maximum Gasteiger partial charge on any atom is 0.255 e. The predicted octanol–water partition coefficient (Wildman–Crippen LogP) is 3.75. The highest BCUT2D eigenvalue weighted by Crippen LogP contribution is 2.27. The maximum absolute atomic E-state index is 12.3. The lowest BCUT2D eigenvalue weighted by Gasteiger charge is -2.16. The topological polar surface area (TPSA) is 55.1 Å². The molecule has 0 aromatic heterocycles. The van der Waals surface area contributed by atoms with Crippen molar-refractivity contribution in [2.24, 2.45) is 0 Å². The van der Waals surface area contributed by atoms with E-state index >= 15 is 0 Å². The van der Waals surface area contributed by atoms with Crippen molar-refractivity contribution in [2.75, 3.05) is 11.1 Å². The Balaban J connectivity index is 2.35. The molecule has 2 rings (SSSR count). The molecule has 0 bridgehead atoms. The van der Waals surface area contributed by atoms with Crippen LogP contribution in [0.5, 0.6) is 0 Å². The molecule has 0 aliphatic rings. The van der Waals surface area contributed by atoms with E-state index in [-0.39, 0.29) is 5.91 Å². The minimum Gasteiger partial charge on any atom is -0.399 e. The van der Waals surface area contributed by atoms with Gasteiger partial charge in [0.15, 0.2) is 0 Å². The largest absolute Gasteiger partial charge is 0.399 e. The summed E-state index contributed by atoms with van der Waals surface area (Å²) in [7, 11) is 0. The van der Waals surface area contributed by atoms with E-state index in [1.165, 1.54) is 11.1 Å². The summed E-state index contributed by atoms with van der Waals surface area (Å²) in [4.78, 5) is 12.3. The molecule has 0 heterocycles. The fraction of sp³-hybridized carbons (Fsp3) is 0.235. The van der Waals surface area contributed by atoms with Crippen LogP contribution < -0.4 is 11.1 Å². The van der Waals surface area contributed by atoms with E-state index in [2.05, 4.69) is 25.2 Å². The van der Waals surface area contributed by atoms with E-state index in [1.807, 2.05) is 13.8 Å². The number of amides is 1. The number of nitrogens with two attached hydrogens (primary N) is 1. The van der Waals surface area contributed by atoms with Gasteiger partial charge < -0.3 is 11.1 Å². The van der Waals surface area contributed by atoms with Gasteiger partial charge in [0, 0.05) is 16.9 Å². The molecule has 0 saturated heterocycles. The van der Waals surface area contributed by atoms with Gasteiger partial charge in [0.25, 0.3) is 5.91 Å². The van der Waals surface area contributed by atoms with Crippen LogP contribution in [-0.4, -0.2) is 5.91 Å². The number of nitrogens with one attached hydrogen (secondary N) is 1. The molecule has 0 unspecified atom stereocenters. The molecule has 0 aliphatic heterocycles. The van der Waals surface area contributed by atoms with Crippen molar-refractivity contribution in [2.45, 2.75) is 27.7 Å². The van der Waals surface area contributed by atoms with Crippen molar-refractivity contribution < 1.29 is 4.79 Å². The Kier molecular flexibility index (Phi) is 3.79. The van der Waals surface area contributed by atoms with Crippen molar-refractivity contribution in [3.8, 4) is 0 Å². The number of benzene rings is 2. The van der Waals surface area contributed by atoms with Crippen LogP contribution in [0.3, 0.4) is 0 Å². The molecule has 0 saturated carbocycles. The number of carbonyl (C=O) groups excluding carboxylic acids is 1. The summed E-state index contributed by atoms with van der Waals surface area (Å²) in [6.45, 7) is 8.17. The molecule has 20 heavy (non-hydrogen) atoms. The Hall–Kier alpha value is -2.29. The van der Waals surface area contributed by atoms with Gasteiger partial charge in [0.2, 0.25) is 0 Å². The fourth-order valence-electron chi connectivity index (χ4n) is 2.22. The van der Waals surface area contributed by atoms with E-state index in [1.54, 1.807) is 24.3 Å². The van der Waals surface area contributed by atoms with E-state index < -0.39 is 0 Å². The van der Waals surface area contributed by atoms with Crippen molar-refractivity contribution in [1.29, 1.82) is 0 Å². The molecule has 3 heteroatoms. The van der Waals surface area contributed by atoms with Crippen molar-refractivity contribution >= 4 is 17.3 Å². The number of rotatable bonds is 2. The lowest BCUT2D eigenvalue weighted by molar-refractivity contribution is 0.102. The molecule has 0 fully saturated rings. The maximum atomic E-state index is 12.3. The third-order valence-electron chi connectivity index (χ3n) is 3.78. The van der Waals surface area contributed by atoms with Gasteiger partial charge in [-0.1, -0.05) is 6.07 Å². The van der Waals surface area contributed by atoms with Crippen molar-refractivity contribution in [1.82, 2.24) is 0 Å². The van der Waals surface area contributed by atoms with Crippen LogP contribution in [0.15, 0.2) is 30.3 Å². The summed E-state index contributed by atoms with van der Waals surface area (Å²) in [6, 6.07) is 9.08. The molecule has 0 atom stereocenters. The van der Waals surface area contributed by atoms with Gasteiger partial charge in [-0.25, -0.2) is 0 Å². The monoisotopic (exact) mass is 268 g/mol. The molecule has 0 spiro atoms. The first-order valence-corrected chi connectivity index (χ1v) is 6.64. The van der Waals surface area contributed by atoms with Gasteiger partial charge in [-0.3, -0.25) is 4.79 Å². The van der Waals surface area contributed by atoms with Gasteiger partial charge in [-0.05, 0) is 74.2 Å². The lowest BCUT2D eigenvalue weighted by atomic mass is 9.98. The number of hydrogen-bond acceptors (Lipinski definition) is 2. The minimum absolute atomic E-state index is 0.110. The molecule has 0 aliphatic carbocycles. The Morgan fingerprint density at radius 2 is 1.45 bits per heavy atom. The summed E-state index contributed by atoms with van der Waals surface area (Å²) in [5, 5.41) is 3.02. The van der Waals surface area contributed by atoms with Gasteiger partial charge in [0.1, 0.15) is 0 Å². The van der Waals surface area contributed by atoms with Crippen molar-refractivity contribution in [3.05, 3.63) is 58.1 Å². The van der Waals surface area contributed by atoms with E-state index in [0.717, 1.165) is 16.8 Å². The molecular weight excluding hydrogens is 248 g/mol. The second kappa shape index (κ2) is 5.37. The lowest BCUT2D eigenvalue weighted by Crippen LogP contribution is -2.14. The highest BCUT2D eigenvalue weighted by atomic mass is 16.1. The van der Waals surface area contributed by atoms with Crippen LogP contribution in [0.4, 0.5) is 11.4 Å². The number of hydrogen-bond donors (Lipinski definition) is 2. The molecule has 3 N–H and O–H groups in total. The van der Waals surface area contributed by atoms with Crippen LogP contribution in [0.25, 0.3) is 0 Å². The fourth-order valence-corrected chi connectivity index (χ4v) is 2.22. The zero-order chi connectivity index (χ0) is 14.9. The Bertz CT molecular complexity index is 631. The van der Waals surface area contributed by atoms with Crippen LogP contribution >= 0.6 is 0 Å². The molecule has 104 valence electrons. The van der Waals surface area contributed by atoms with Crippen LogP contribution in [0, 0.1) is 27.7 Å². The minimum atomic E-state index is -0.110. The highest BCUT2D eigenvalue weighted by molar-refractivity contribution is 6.05. The normalized spacial score (nSPS) is 10.4. The number of anilines is 2. The number of nitrogen functional groups attached to an aromatic ring is 1. The first-order valence-electron chi connectivity index (χ1n) is 6.64. The predicted molar refractivity (Wildman–Crippen MR) is 84.2 cm³/mol. The van der Waals surface area contributed by atoms with Gasteiger partial charge in [-0.15, -0.1) is 0 Å². The first kappa shape index (κ1) is 14.1. The summed E-state index contributed by atoms with van der Waals surface area (Å²) in [5.74, 6) is -0.110. The summed E-state index contributed by atoms with van der Waals surface area (Å²) < 4.78 is 0. The standard InChI is InChI=1S/C17H20N2O/c1-10-9-11(2)13(4)16(12(10)3)19-17(20)14-5-7-15(18)8-6-14/h5-9H,18H2,1-4H3,(H,19,20). The van der Waals surface area contributed by atoms with Crippen LogP contribution in [-0.2, 0) is 0 Å². The highest BCUT2D eigenvalue weighted by Gasteiger charge is 2.12. The van der Waals surface area contributed by atoms with Gasteiger partial charge >= 0.3 is 0 Å². The molecule has 2 aromatic carbocycles. The average molecular weight is 268 g/mol. The van der Waals surface area contributed by atoms with E-state index in [9.17, 15) is 4.79 Å². The summed E-state index contributed by atoms with van der Waals surface area (Å²) >= 11 is 0. The Morgan fingerprint density at radius 3 is 1.95 bits per heavy atom. The van der Waals surface area contributed by atoms with E-state index in [4.69, 9.17) is 5.73 Å². The molecular formula is C17H20N2O. The average Bonchev–Trinajstić information content (AvgIpc) is 2.42. The summed E-state index contributed by atoms with van der Waals surface area (Å²) in [5.41, 5.74) is 12.4. The third-order valence-corrected chi connectivity index (χ3v) is 3.78. The second-order valence-corrected chi connectivity index (χ2v) is 5.21. The van der Waals surface area contributed by atoms with Crippen LogP contribution in [0.1, 0.15) is 32.6 Å². The molecule has 3 nitrogen and oxygen atoms in total. The number of aryl methyl sites for hydroxylation is 2. The zero-order valence-corrected chi connectivity index (χ0v) is 12.4. The zero-order valence-electron chi connectivity index (χ0n) is 12.4. The van der Waals surface area contributed by atoms with Crippen LogP contribution in [0.2, 0.25) is 0 Å². The van der Waals surface area contributed by atoms with E-state index in [0.29, 0.717) is 11.3 Å². The smallest absolute Gasteiger partial charge is 0.255 e.